The third-order valence-electron chi connectivity index (χ3n) is 6.19. The first-order valence-electron chi connectivity index (χ1n) is 10.9. The van der Waals surface area contributed by atoms with Crippen molar-refractivity contribution in [3.05, 3.63) is 59.7 Å². The van der Waals surface area contributed by atoms with Crippen molar-refractivity contribution < 1.29 is 24.2 Å². The number of fused-ring (bicyclic) bond motifs is 3. The van der Waals surface area contributed by atoms with Crippen LogP contribution in [0.4, 0.5) is 4.79 Å². The molecular weight excluding hydrogens is 408 g/mol. The molecule has 7 heteroatoms. The molecule has 1 fully saturated rings. The molecule has 7 nitrogen and oxygen atoms in total. The molecule has 32 heavy (non-hydrogen) atoms. The highest BCUT2D eigenvalue weighted by Gasteiger charge is 2.36. The number of hydrogen-bond donors (Lipinski definition) is 3. The van der Waals surface area contributed by atoms with Crippen LogP contribution in [0.1, 0.15) is 50.2 Å². The summed E-state index contributed by atoms with van der Waals surface area (Å²) in [4.78, 5) is 36.7. The zero-order chi connectivity index (χ0) is 22.9. The zero-order valence-electron chi connectivity index (χ0n) is 18.3. The standard InChI is InChI=1S/C25H28N2O5/c1-25(2,23(29)30)27-22(28)21(13-15-11-12-15)26-24(31)32-14-20-18-9-5-3-7-16(18)17-8-4-6-10-19(17)20/h3-10,15,20-21H,11-14H2,1-2H3,(H,26,31)(H,27,28)(H,29,30)/t21-/m0/s1. The monoisotopic (exact) mass is 436 g/mol. The number of carbonyl (C=O) groups excluding carboxylic acids is 2. The van der Waals surface area contributed by atoms with Crippen LogP contribution in [0.15, 0.2) is 48.5 Å². The van der Waals surface area contributed by atoms with Gasteiger partial charge in [-0.1, -0.05) is 61.4 Å². The van der Waals surface area contributed by atoms with Gasteiger partial charge in [-0.25, -0.2) is 9.59 Å². The summed E-state index contributed by atoms with van der Waals surface area (Å²) in [6.07, 6.45) is 1.78. The number of rotatable bonds is 8. The molecule has 3 N–H and O–H groups in total. The predicted molar refractivity (Wildman–Crippen MR) is 119 cm³/mol. The molecule has 0 aromatic heterocycles. The van der Waals surface area contributed by atoms with Crippen LogP contribution in [-0.2, 0) is 14.3 Å². The minimum absolute atomic E-state index is 0.0743. The third-order valence-corrected chi connectivity index (χ3v) is 6.19. The molecule has 0 bridgehead atoms. The van der Waals surface area contributed by atoms with Crippen LogP contribution in [0.25, 0.3) is 11.1 Å². The summed E-state index contributed by atoms with van der Waals surface area (Å²) in [5.74, 6) is -1.38. The molecule has 168 valence electrons. The van der Waals surface area contributed by atoms with Gasteiger partial charge in [0.25, 0.3) is 0 Å². The van der Waals surface area contributed by atoms with E-state index in [0.29, 0.717) is 12.3 Å². The average Bonchev–Trinajstić information content (AvgIpc) is 3.52. The number of carboxylic acid groups (broad SMARTS) is 1. The molecular formula is C25H28N2O5. The normalized spacial score (nSPS) is 15.9. The molecule has 4 rings (SSSR count). The van der Waals surface area contributed by atoms with Crippen LogP contribution in [0, 0.1) is 5.92 Å². The van der Waals surface area contributed by atoms with Gasteiger partial charge in [-0.15, -0.1) is 0 Å². The van der Waals surface area contributed by atoms with E-state index in [4.69, 9.17) is 4.74 Å². The van der Waals surface area contributed by atoms with Crippen LogP contribution in [0.2, 0.25) is 0 Å². The van der Waals surface area contributed by atoms with Crippen molar-refractivity contribution in [3.8, 4) is 11.1 Å². The second-order valence-electron chi connectivity index (χ2n) is 9.12. The van der Waals surface area contributed by atoms with Crippen LogP contribution < -0.4 is 10.6 Å². The summed E-state index contributed by atoms with van der Waals surface area (Å²) < 4.78 is 5.55. The van der Waals surface area contributed by atoms with Gasteiger partial charge in [0, 0.05) is 5.92 Å². The first-order valence-corrected chi connectivity index (χ1v) is 10.9. The minimum atomic E-state index is -1.43. The fourth-order valence-corrected chi connectivity index (χ4v) is 4.15. The van der Waals surface area contributed by atoms with Gasteiger partial charge in [0.1, 0.15) is 18.2 Å². The second-order valence-corrected chi connectivity index (χ2v) is 9.12. The highest BCUT2D eigenvalue weighted by Crippen LogP contribution is 2.44. The Labute approximate surface area is 187 Å². The maximum atomic E-state index is 12.7. The molecule has 2 aliphatic carbocycles. The number of nitrogens with one attached hydrogen (secondary N) is 2. The van der Waals surface area contributed by atoms with E-state index in [1.54, 1.807) is 0 Å². The van der Waals surface area contributed by atoms with E-state index in [1.165, 1.54) is 13.8 Å². The maximum absolute atomic E-state index is 12.7. The summed E-state index contributed by atoms with van der Waals surface area (Å²) in [5, 5.41) is 14.5. The van der Waals surface area contributed by atoms with E-state index >= 15 is 0 Å². The van der Waals surface area contributed by atoms with Gasteiger partial charge in [-0.2, -0.15) is 0 Å². The Hall–Kier alpha value is -3.35. The third kappa shape index (κ3) is 4.61. The fraction of sp³-hybridized carbons (Fsp3) is 0.400. The van der Waals surface area contributed by atoms with Gasteiger partial charge in [-0.05, 0) is 48.4 Å². The molecule has 0 unspecified atom stereocenters. The molecule has 0 aliphatic heterocycles. The molecule has 1 saturated carbocycles. The number of alkyl carbamates (subject to hydrolysis) is 1. The molecule has 0 spiro atoms. The minimum Gasteiger partial charge on any atom is -0.480 e. The van der Waals surface area contributed by atoms with Crippen molar-refractivity contribution in [1.82, 2.24) is 10.6 Å². The Morgan fingerprint density at radius 2 is 1.59 bits per heavy atom. The molecule has 0 radical (unpaired) electrons. The summed E-state index contributed by atoms with van der Waals surface area (Å²) in [7, 11) is 0. The molecule has 2 aromatic carbocycles. The quantitative estimate of drug-likeness (QED) is 0.586. The SMILES string of the molecule is CC(C)(NC(=O)[C@H](CC1CC1)NC(=O)OCC1c2ccccc2-c2ccccc21)C(=O)O. The van der Waals surface area contributed by atoms with Crippen LogP contribution >= 0.6 is 0 Å². The van der Waals surface area contributed by atoms with Gasteiger partial charge < -0.3 is 20.5 Å². The van der Waals surface area contributed by atoms with Crippen molar-refractivity contribution in [2.45, 2.75) is 50.6 Å². The van der Waals surface area contributed by atoms with Crippen molar-refractivity contribution in [1.29, 1.82) is 0 Å². The van der Waals surface area contributed by atoms with Gasteiger partial charge in [0.2, 0.25) is 5.91 Å². The fourth-order valence-electron chi connectivity index (χ4n) is 4.15. The Balaban J connectivity index is 1.42. The number of amides is 2. The van der Waals surface area contributed by atoms with E-state index in [2.05, 4.69) is 22.8 Å². The van der Waals surface area contributed by atoms with Crippen LogP contribution in [0.5, 0.6) is 0 Å². The first kappa shape index (κ1) is 21.9. The Morgan fingerprint density at radius 3 is 2.12 bits per heavy atom. The summed E-state index contributed by atoms with van der Waals surface area (Å²) in [5.41, 5.74) is 3.06. The Morgan fingerprint density at radius 1 is 1.03 bits per heavy atom. The average molecular weight is 437 g/mol. The van der Waals surface area contributed by atoms with Gasteiger partial charge in [-0.3, -0.25) is 4.79 Å². The van der Waals surface area contributed by atoms with E-state index in [1.807, 2.05) is 36.4 Å². The second kappa shape index (κ2) is 8.65. The van der Waals surface area contributed by atoms with Crippen molar-refractivity contribution in [2.75, 3.05) is 6.61 Å². The number of aliphatic carboxylic acids is 1. The zero-order valence-corrected chi connectivity index (χ0v) is 18.3. The lowest BCUT2D eigenvalue weighted by atomic mass is 9.98. The van der Waals surface area contributed by atoms with Gasteiger partial charge in [0.05, 0.1) is 0 Å². The number of hydrogen-bond acceptors (Lipinski definition) is 4. The summed E-state index contributed by atoms with van der Waals surface area (Å²) in [6.45, 7) is 2.97. The topological polar surface area (TPSA) is 105 Å². The number of ether oxygens (including phenoxy) is 1. The Bertz CT molecular complexity index is 999. The molecule has 2 amide bonds. The van der Waals surface area contributed by atoms with Crippen LogP contribution in [0.3, 0.4) is 0 Å². The van der Waals surface area contributed by atoms with Gasteiger partial charge >= 0.3 is 12.1 Å². The van der Waals surface area contributed by atoms with Gasteiger partial charge in [0.15, 0.2) is 0 Å². The van der Waals surface area contributed by atoms with Crippen molar-refractivity contribution in [3.63, 3.8) is 0 Å². The maximum Gasteiger partial charge on any atom is 0.407 e. The van der Waals surface area contributed by atoms with Crippen LogP contribution in [-0.4, -0.2) is 41.3 Å². The highest BCUT2D eigenvalue weighted by atomic mass is 16.5. The lowest BCUT2D eigenvalue weighted by Crippen LogP contribution is -2.56. The van der Waals surface area contributed by atoms with E-state index in [0.717, 1.165) is 35.1 Å². The summed E-state index contributed by atoms with van der Waals surface area (Å²) in [6, 6.07) is 15.3. The lowest BCUT2D eigenvalue weighted by Gasteiger charge is -2.25. The largest absolute Gasteiger partial charge is 0.480 e. The number of benzene rings is 2. The van der Waals surface area contributed by atoms with E-state index in [9.17, 15) is 19.5 Å². The number of carbonyl (C=O) groups is 3. The van der Waals surface area contributed by atoms with E-state index in [-0.39, 0.29) is 12.5 Å². The highest BCUT2D eigenvalue weighted by molar-refractivity contribution is 5.91. The molecule has 2 aliphatic rings. The van der Waals surface area contributed by atoms with E-state index < -0.39 is 29.6 Å². The molecule has 2 aromatic rings. The molecule has 0 heterocycles. The predicted octanol–water partition coefficient (Wildman–Crippen LogP) is 3.67. The Kier molecular flexibility index (Phi) is 5.91. The lowest BCUT2D eigenvalue weighted by molar-refractivity contribution is -0.146. The molecule has 0 saturated heterocycles. The summed E-state index contributed by atoms with van der Waals surface area (Å²) >= 11 is 0. The first-order chi connectivity index (χ1) is 15.3. The van der Waals surface area contributed by atoms with Crippen molar-refractivity contribution in [2.24, 2.45) is 5.92 Å². The molecule has 1 atom stereocenters. The smallest absolute Gasteiger partial charge is 0.407 e. The van der Waals surface area contributed by atoms with Crippen molar-refractivity contribution >= 4 is 18.0 Å². The number of carboxylic acids is 1.